The Morgan fingerprint density at radius 1 is 1.48 bits per heavy atom. The molecule has 21 heavy (non-hydrogen) atoms. The molecule has 0 aromatic heterocycles. The van der Waals surface area contributed by atoms with E-state index in [1.54, 1.807) is 0 Å². The van der Waals surface area contributed by atoms with E-state index in [9.17, 15) is 19.1 Å². The minimum Gasteiger partial charge on any atom is -0.483 e. The van der Waals surface area contributed by atoms with Gasteiger partial charge in [-0.2, -0.15) is 0 Å². The minimum atomic E-state index is -1.16. The van der Waals surface area contributed by atoms with Gasteiger partial charge in [-0.15, -0.1) is 0 Å². The number of hydrogen-bond donors (Lipinski definition) is 2. The third kappa shape index (κ3) is 3.70. The molecular formula is C13H13BrFNO5. The Labute approximate surface area is 128 Å². The predicted octanol–water partition coefficient (Wildman–Crippen LogP) is 1.01. The van der Waals surface area contributed by atoms with Crippen LogP contribution in [0, 0.1) is 5.82 Å². The Morgan fingerprint density at radius 3 is 2.81 bits per heavy atom. The lowest BCUT2D eigenvalue weighted by atomic mass is 10.2. The molecule has 1 fully saturated rings. The molecule has 6 nitrogen and oxygen atoms in total. The Kier molecular flexibility index (Phi) is 4.79. The highest BCUT2D eigenvalue weighted by Crippen LogP contribution is 2.26. The van der Waals surface area contributed by atoms with Gasteiger partial charge in [-0.25, -0.2) is 9.18 Å². The molecule has 1 aromatic rings. The van der Waals surface area contributed by atoms with Gasteiger partial charge in [0.1, 0.15) is 17.6 Å². The Hall–Kier alpha value is -1.67. The zero-order valence-electron chi connectivity index (χ0n) is 10.8. The van der Waals surface area contributed by atoms with Crippen LogP contribution >= 0.6 is 15.9 Å². The van der Waals surface area contributed by atoms with Crippen molar-refractivity contribution >= 4 is 27.8 Å². The number of likely N-dealkylation sites (tertiary alicyclic amines) is 1. The Bertz CT molecular complexity index is 567. The molecule has 0 spiro atoms. The standard InChI is InChI=1S/C13H13BrFNO5/c14-9-3-7(15)1-2-11(9)21-6-12(18)16-5-8(17)4-10(16)13(19)20/h1-3,8,10,17H,4-6H2,(H,19,20)/t8-,10+/m1/s1. The third-order valence-electron chi connectivity index (χ3n) is 3.13. The first kappa shape index (κ1) is 15.7. The number of carboxylic acid groups (broad SMARTS) is 1. The fourth-order valence-electron chi connectivity index (χ4n) is 2.14. The monoisotopic (exact) mass is 361 g/mol. The normalized spacial score (nSPS) is 21.4. The highest BCUT2D eigenvalue weighted by molar-refractivity contribution is 9.10. The molecule has 1 aliphatic heterocycles. The van der Waals surface area contributed by atoms with E-state index in [1.807, 2.05) is 0 Å². The molecule has 1 saturated heterocycles. The number of nitrogens with zero attached hydrogens (tertiary/aromatic N) is 1. The lowest BCUT2D eigenvalue weighted by molar-refractivity contribution is -0.149. The molecule has 0 radical (unpaired) electrons. The highest BCUT2D eigenvalue weighted by atomic mass is 79.9. The van der Waals surface area contributed by atoms with E-state index < -0.39 is 29.8 Å². The number of aliphatic hydroxyl groups excluding tert-OH is 1. The fourth-order valence-corrected chi connectivity index (χ4v) is 2.60. The van der Waals surface area contributed by atoms with Crippen LogP contribution in [0.15, 0.2) is 22.7 Å². The van der Waals surface area contributed by atoms with E-state index in [0.29, 0.717) is 4.47 Å². The van der Waals surface area contributed by atoms with Gasteiger partial charge in [0.2, 0.25) is 0 Å². The Balaban J connectivity index is 1.99. The number of carbonyl (C=O) groups excluding carboxylic acids is 1. The fraction of sp³-hybridized carbons (Fsp3) is 0.385. The van der Waals surface area contributed by atoms with Gasteiger partial charge in [0, 0.05) is 13.0 Å². The predicted molar refractivity (Wildman–Crippen MR) is 73.4 cm³/mol. The molecule has 1 amide bonds. The van der Waals surface area contributed by atoms with Gasteiger partial charge in [0.25, 0.3) is 5.91 Å². The number of aliphatic carboxylic acids is 1. The average molecular weight is 362 g/mol. The van der Waals surface area contributed by atoms with Gasteiger partial charge in [0.05, 0.1) is 10.6 Å². The molecule has 1 heterocycles. The molecular weight excluding hydrogens is 349 g/mol. The lowest BCUT2D eigenvalue weighted by Crippen LogP contribution is -2.42. The minimum absolute atomic E-state index is 0.00131. The topological polar surface area (TPSA) is 87.1 Å². The van der Waals surface area contributed by atoms with Crippen LogP contribution in [0.1, 0.15) is 6.42 Å². The quantitative estimate of drug-likeness (QED) is 0.835. The van der Waals surface area contributed by atoms with Crippen molar-refractivity contribution in [1.82, 2.24) is 4.90 Å². The van der Waals surface area contributed by atoms with Crippen molar-refractivity contribution in [3.8, 4) is 5.75 Å². The first-order valence-electron chi connectivity index (χ1n) is 6.16. The van der Waals surface area contributed by atoms with E-state index >= 15 is 0 Å². The summed E-state index contributed by atoms with van der Waals surface area (Å²) in [5, 5.41) is 18.5. The number of ether oxygens (including phenoxy) is 1. The number of carbonyl (C=O) groups is 2. The van der Waals surface area contributed by atoms with Crippen molar-refractivity contribution in [3.63, 3.8) is 0 Å². The van der Waals surface area contributed by atoms with Crippen LogP contribution in [-0.4, -0.2) is 52.3 Å². The number of halogens is 2. The third-order valence-corrected chi connectivity index (χ3v) is 3.75. The molecule has 1 aliphatic rings. The van der Waals surface area contributed by atoms with Crippen LogP contribution in [0.25, 0.3) is 0 Å². The second-order valence-corrected chi connectivity index (χ2v) is 5.51. The molecule has 0 unspecified atom stereocenters. The van der Waals surface area contributed by atoms with Gasteiger partial charge in [-0.1, -0.05) is 0 Å². The van der Waals surface area contributed by atoms with Gasteiger partial charge >= 0.3 is 5.97 Å². The number of amides is 1. The van der Waals surface area contributed by atoms with E-state index in [1.165, 1.54) is 18.2 Å². The van der Waals surface area contributed by atoms with Crippen molar-refractivity contribution < 1.29 is 28.9 Å². The average Bonchev–Trinajstić information content (AvgIpc) is 2.80. The summed E-state index contributed by atoms with van der Waals surface area (Å²) < 4.78 is 18.5. The summed E-state index contributed by atoms with van der Waals surface area (Å²) in [4.78, 5) is 24.1. The largest absolute Gasteiger partial charge is 0.483 e. The molecule has 114 valence electrons. The molecule has 2 atom stereocenters. The second kappa shape index (κ2) is 6.40. The SMILES string of the molecule is O=C(O)[C@@H]1C[C@@H](O)CN1C(=O)COc1ccc(F)cc1Br. The summed E-state index contributed by atoms with van der Waals surface area (Å²) in [6.07, 6.45) is -0.853. The smallest absolute Gasteiger partial charge is 0.326 e. The molecule has 0 aliphatic carbocycles. The van der Waals surface area contributed by atoms with Crippen LogP contribution in [0.4, 0.5) is 4.39 Å². The number of rotatable bonds is 4. The first-order chi connectivity index (χ1) is 9.88. The van der Waals surface area contributed by atoms with Gasteiger partial charge in [-0.3, -0.25) is 4.79 Å². The number of carboxylic acids is 1. The maximum absolute atomic E-state index is 12.9. The molecule has 8 heteroatoms. The van der Waals surface area contributed by atoms with E-state index in [2.05, 4.69) is 15.9 Å². The summed E-state index contributed by atoms with van der Waals surface area (Å²) >= 11 is 3.10. The number of β-amino-alcohol motifs (C(OH)–C–C–N with tert-alkyl or cyclic N) is 1. The van der Waals surface area contributed by atoms with Gasteiger partial charge < -0.3 is 19.8 Å². The van der Waals surface area contributed by atoms with Gasteiger partial charge in [0.15, 0.2) is 6.61 Å². The molecule has 0 bridgehead atoms. The van der Waals surface area contributed by atoms with E-state index in [4.69, 9.17) is 9.84 Å². The zero-order valence-corrected chi connectivity index (χ0v) is 12.4. The van der Waals surface area contributed by atoms with Crippen molar-refractivity contribution in [3.05, 3.63) is 28.5 Å². The second-order valence-electron chi connectivity index (χ2n) is 4.65. The van der Waals surface area contributed by atoms with Crippen molar-refractivity contribution in [2.24, 2.45) is 0 Å². The van der Waals surface area contributed by atoms with E-state index in [0.717, 1.165) is 4.90 Å². The highest BCUT2D eigenvalue weighted by Gasteiger charge is 2.38. The van der Waals surface area contributed by atoms with Crippen molar-refractivity contribution in [2.75, 3.05) is 13.2 Å². The summed E-state index contributed by atoms with van der Waals surface area (Å²) in [5.41, 5.74) is 0. The zero-order chi connectivity index (χ0) is 15.6. The summed E-state index contributed by atoms with van der Waals surface area (Å²) in [6.45, 7) is -0.426. The first-order valence-corrected chi connectivity index (χ1v) is 6.96. The summed E-state index contributed by atoms with van der Waals surface area (Å²) in [7, 11) is 0. The van der Waals surface area contributed by atoms with Crippen molar-refractivity contribution in [1.29, 1.82) is 0 Å². The summed E-state index contributed by atoms with van der Waals surface area (Å²) in [5.74, 6) is -1.89. The molecule has 0 saturated carbocycles. The Morgan fingerprint density at radius 2 is 2.19 bits per heavy atom. The van der Waals surface area contributed by atoms with Crippen LogP contribution < -0.4 is 4.74 Å². The number of hydrogen-bond acceptors (Lipinski definition) is 4. The van der Waals surface area contributed by atoms with Crippen LogP contribution in [0.5, 0.6) is 5.75 Å². The number of benzene rings is 1. The lowest BCUT2D eigenvalue weighted by Gasteiger charge is -2.21. The maximum Gasteiger partial charge on any atom is 0.326 e. The molecule has 1 aromatic carbocycles. The van der Waals surface area contributed by atoms with Crippen molar-refractivity contribution in [2.45, 2.75) is 18.6 Å². The van der Waals surface area contributed by atoms with E-state index in [-0.39, 0.29) is 25.3 Å². The summed E-state index contributed by atoms with van der Waals surface area (Å²) in [6, 6.07) is 2.69. The molecule has 2 N–H and O–H groups in total. The number of aliphatic hydroxyl groups is 1. The maximum atomic E-state index is 12.9. The van der Waals surface area contributed by atoms with Crippen LogP contribution in [-0.2, 0) is 9.59 Å². The molecule has 2 rings (SSSR count). The van der Waals surface area contributed by atoms with Crippen LogP contribution in [0.2, 0.25) is 0 Å². The van der Waals surface area contributed by atoms with Gasteiger partial charge in [-0.05, 0) is 34.1 Å². The van der Waals surface area contributed by atoms with Crippen LogP contribution in [0.3, 0.4) is 0 Å².